The van der Waals surface area contributed by atoms with Gasteiger partial charge in [-0.05, 0) is 83.5 Å². The first-order valence-electron chi connectivity index (χ1n) is 28.8. The Bertz CT molecular complexity index is 1610. The van der Waals surface area contributed by atoms with Crippen LogP contribution in [0.1, 0.15) is 181 Å². The molecule has 0 aromatic heterocycles. The van der Waals surface area contributed by atoms with Crippen molar-refractivity contribution in [3.8, 4) is 0 Å². The van der Waals surface area contributed by atoms with Crippen molar-refractivity contribution in [3.63, 3.8) is 0 Å². The van der Waals surface area contributed by atoms with E-state index in [1.54, 1.807) is 0 Å². The van der Waals surface area contributed by atoms with Crippen LogP contribution in [0.15, 0.2) is 97.2 Å². The highest BCUT2D eigenvalue weighted by Gasteiger charge is 2.47. The number of hydrogen-bond acceptors (Lipinski definition) is 14. The number of ether oxygens (including phenoxy) is 6. The molecule has 11 atom stereocenters. The Balaban J connectivity index is 1.73. The third kappa shape index (κ3) is 33.7. The smallest absolute Gasteiger partial charge is 0.306 e. The molecule has 0 aromatic rings. The zero-order chi connectivity index (χ0) is 54.4. The summed E-state index contributed by atoms with van der Waals surface area (Å²) in [6.07, 6.45) is 46.3. The van der Waals surface area contributed by atoms with Crippen molar-refractivity contribution in [3.05, 3.63) is 97.2 Å². The first-order valence-corrected chi connectivity index (χ1v) is 28.8. The molecule has 0 aromatic carbocycles. The van der Waals surface area contributed by atoms with Crippen molar-refractivity contribution in [2.24, 2.45) is 0 Å². The molecule has 2 aliphatic heterocycles. The average Bonchev–Trinajstić information content (AvgIpc) is 3.41. The lowest BCUT2D eigenvalue weighted by molar-refractivity contribution is -0.332. The monoisotopic (exact) mass is 1060 g/mol. The highest BCUT2D eigenvalue weighted by atomic mass is 16.7. The number of allylic oxidation sites excluding steroid dienone is 15. The molecule has 0 aliphatic carbocycles. The van der Waals surface area contributed by atoms with Gasteiger partial charge in [-0.3, -0.25) is 4.79 Å². The molecule has 2 heterocycles. The van der Waals surface area contributed by atoms with Crippen LogP contribution in [0.4, 0.5) is 0 Å². The maximum absolute atomic E-state index is 13.1. The second-order valence-electron chi connectivity index (χ2n) is 19.7. The normalized spacial score (nSPS) is 25.3. The maximum Gasteiger partial charge on any atom is 0.306 e. The summed E-state index contributed by atoms with van der Waals surface area (Å²) in [6.45, 7) is 3.32. The van der Waals surface area contributed by atoms with E-state index in [4.69, 9.17) is 28.4 Å². The lowest BCUT2D eigenvalue weighted by Gasteiger charge is -2.42. The van der Waals surface area contributed by atoms with Crippen LogP contribution in [0.25, 0.3) is 0 Å². The van der Waals surface area contributed by atoms with E-state index in [-0.39, 0.29) is 19.6 Å². The summed E-state index contributed by atoms with van der Waals surface area (Å²) in [5, 5.41) is 72.3. The molecule has 0 amide bonds. The Kier molecular flexibility index (Phi) is 42.6. The highest BCUT2D eigenvalue weighted by molar-refractivity contribution is 5.69. The number of esters is 1. The van der Waals surface area contributed by atoms with E-state index in [1.165, 1.54) is 77.0 Å². The van der Waals surface area contributed by atoms with E-state index in [2.05, 4.69) is 105 Å². The number of rotatable bonds is 45. The lowest BCUT2D eigenvalue weighted by atomic mass is 9.98. The molecule has 2 aliphatic rings. The zero-order valence-electron chi connectivity index (χ0n) is 46.0. The predicted molar refractivity (Wildman–Crippen MR) is 298 cm³/mol. The van der Waals surface area contributed by atoms with Gasteiger partial charge in [-0.2, -0.15) is 0 Å². The van der Waals surface area contributed by atoms with Crippen LogP contribution in [-0.2, 0) is 33.2 Å². The van der Waals surface area contributed by atoms with E-state index < -0.39 is 86.7 Å². The lowest BCUT2D eigenvalue weighted by Crippen LogP contribution is -2.61. The molecular weight excluding hydrogens is 957 g/mol. The van der Waals surface area contributed by atoms with E-state index in [0.29, 0.717) is 19.4 Å². The van der Waals surface area contributed by atoms with Gasteiger partial charge in [0.05, 0.1) is 33.0 Å². The standard InChI is InChI=1S/C61H102O14/c1-3-5-7-9-11-13-15-17-19-21-22-23-24-25-26-27-28-29-30-32-34-36-38-40-42-44-53(63)73-50(47-70-45-43-41-39-37-35-33-31-20-18-16-14-12-10-8-6-4-2)48-71-60-59(69)57(67)55(65)52(75-60)49-72-61-58(68)56(66)54(64)51(46-62)74-61/h6,8,12,14-15,17-18,20-22,24-25,33,35,39,41,50-52,54-62,64-69H,3-5,7,9-11,13,16,19,23,26-32,34,36-38,40,42-49H2,1-2H3/b8-6-,14-12-,17-15-,20-18-,22-21-,25-24-,35-33-,41-39-. The highest BCUT2D eigenvalue weighted by Crippen LogP contribution is 2.26. The van der Waals surface area contributed by atoms with E-state index in [0.717, 1.165) is 70.6 Å². The second-order valence-corrected chi connectivity index (χ2v) is 19.7. The SMILES string of the molecule is CC/C=C\C/C=C\C/C=C\C/C=C\C/C=C\CCOCC(COC1OC(COC2OC(CO)C(O)C(O)C2O)C(O)C(O)C1O)OC(=O)CCCCCCCCCCCC/C=C\C/C=C\C/C=C\CCCCCCC. The molecule has 0 bridgehead atoms. The molecule has 7 N–H and O–H groups in total. The number of carbonyl (C=O) groups is 1. The van der Waals surface area contributed by atoms with Crippen molar-refractivity contribution >= 4 is 5.97 Å². The van der Waals surface area contributed by atoms with Crippen LogP contribution in [0, 0.1) is 0 Å². The Labute approximate surface area is 452 Å². The summed E-state index contributed by atoms with van der Waals surface area (Å²) in [6, 6.07) is 0. The molecule has 0 spiro atoms. The quantitative estimate of drug-likeness (QED) is 0.0172. The summed E-state index contributed by atoms with van der Waals surface area (Å²) in [5.74, 6) is -0.408. The molecule has 75 heavy (non-hydrogen) atoms. The Hall–Kier alpha value is -3.09. The van der Waals surface area contributed by atoms with Gasteiger partial charge < -0.3 is 64.2 Å². The molecule has 430 valence electrons. The predicted octanol–water partition coefficient (Wildman–Crippen LogP) is 10.2. The van der Waals surface area contributed by atoms with Gasteiger partial charge in [0.25, 0.3) is 0 Å². The first kappa shape index (κ1) is 68.0. The van der Waals surface area contributed by atoms with Crippen LogP contribution in [0.2, 0.25) is 0 Å². The second kappa shape index (κ2) is 47.0. The summed E-state index contributed by atoms with van der Waals surface area (Å²) in [7, 11) is 0. The van der Waals surface area contributed by atoms with Crippen LogP contribution < -0.4 is 0 Å². The van der Waals surface area contributed by atoms with Gasteiger partial charge in [0.2, 0.25) is 0 Å². The molecule has 0 radical (unpaired) electrons. The molecule has 14 nitrogen and oxygen atoms in total. The van der Waals surface area contributed by atoms with Crippen molar-refractivity contribution < 1.29 is 69.0 Å². The van der Waals surface area contributed by atoms with Gasteiger partial charge in [-0.25, -0.2) is 0 Å². The molecule has 2 saturated heterocycles. The molecule has 2 fully saturated rings. The third-order valence-electron chi connectivity index (χ3n) is 13.1. The van der Waals surface area contributed by atoms with Gasteiger partial charge in [0.1, 0.15) is 54.9 Å². The zero-order valence-corrected chi connectivity index (χ0v) is 46.0. The fourth-order valence-electron chi connectivity index (χ4n) is 8.47. The Morgan fingerprint density at radius 1 is 0.453 bits per heavy atom. The fraction of sp³-hybridized carbons (Fsp3) is 0.721. The van der Waals surface area contributed by atoms with E-state index >= 15 is 0 Å². The number of aliphatic hydroxyl groups is 7. The summed E-state index contributed by atoms with van der Waals surface area (Å²) >= 11 is 0. The van der Waals surface area contributed by atoms with Crippen molar-refractivity contribution in [1.29, 1.82) is 0 Å². The van der Waals surface area contributed by atoms with Gasteiger partial charge >= 0.3 is 5.97 Å². The summed E-state index contributed by atoms with van der Waals surface area (Å²) in [5.41, 5.74) is 0. The van der Waals surface area contributed by atoms with Crippen molar-refractivity contribution in [2.75, 3.05) is 33.0 Å². The minimum Gasteiger partial charge on any atom is -0.457 e. The van der Waals surface area contributed by atoms with Crippen LogP contribution >= 0.6 is 0 Å². The summed E-state index contributed by atoms with van der Waals surface area (Å²) in [4.78, 5) is 13.1. The third-order valence-corrected chi connectivity index (χ3v) is 13.1. The minimum atomic E-state index is -1.73. The van der Waals surface area contributed by atoms with E-state index in [1.807, 2.05) is 6.08 Å². The van der Waals surface area contributed by atoms with Crippen LogP contribution in [0.3, 0.4) is 0 Å². The van der Waals surface area contributed by atoms with Gasteiger partial charge in [0.15, 0.2) is 12.6 Å². The molecular formula is C61H102O14. The maximum atomic E-state index is 13.1. The average molecular weight is 1060 g/mol. The fourth-order valence-corrected chi connectivity index (χ4v) is 8.47. The topological polar surface area (TPSA) is 214 Å². The molecule has 0 saturated carbocycles. The largest absolute Gasteiger partial charge is 0.457 e. The van der Waals surface area contributed by atoms with Gasteiger partial charge in [-0.15, -0.1) is 0 Å². The van der Waals surface area contributed by atoms with Crippen LogP contribution in [-0.4, -0.2) is 142 Å². The van der Waals surface area contributed by atoms with Crippen molar-refractivity contribution in [1.82, 2.24) is 0 Å². The molecule has 11 unspecified atom stereocenters. The van der Waals surface area contributed by atoms with Gasteiger partial charge in [-0.1, -0.05) is 188 Å². The Morgan fingerprint density at radius 3 is 1.36 bits per heavy atom. The van der Waals surface area contributed by atoms with Crippen LogP contribution in [0.5, 0.6) is 0 Å². The van der Waals surface area contributed by atoms with E-state index in [9.17, 15) is 40.5 Å². The Morgan fingerprint density at radius 2 is 0.867 bits per heavy atom. The number of aliphatic hydroxyl groups excluding tert-OH is 7. The van der Waals surface area contributed by atoms with Crippen molar-refractivity contribution in [2.45, 2.75) is 248 Å². The van der Waals surface area contributed by atoms with Gasteiger partial charge in [0, 0.05) is 6.42 Å². The molecule has 2 rings (SSSR count). The number of carbonyl (C=O) groups excluding carboxylic acids is 1. The number of unbranched alkanes of at least 4 members (excludes halogenated alkanes) is 15. The minimum absolute atomic E-state index is 0.0000340. The molecule has 14 heteroatoms. The summed E-state index contributed by atoms with van der Waals surface area (Å²) < 4.78 is 34.2. The first-order chi connectivity index (χ1) is 36.6. The number of hydrogen-bond donors (Lipinski definition) is 7.